The van der Waals surface area contributed by atoms with Crippen molar-refractivity contribution < 1.29 is 23.1 Å². The number of fused-ring (bicyclic) bond motifs is 1. The van der Waals surface area contributed by atoms with E-state index in [0.717, 1.165) is 0 Å². The molecule has 144 valence electrons. The van der Waals surface area contributed by atoms with E-state index in [1.165, 1.54) is 0 Å². The third-order valence-electron chi connectivity index (χ3n) is 3.88. The van der Waals surface area contributed by atoms with Crippen LogP contribution in [0.25, 0.3) is 11.0 Å². The van der Waals surface area contributed by atoms with Gasteiger partial charge in [0.15, 0.2) is 11.5 Å². The first-order valence-electron chi connectivity index (χ1n) is 8.34. The fourth-order valence-corrected chi connectivity index (χ4v) is 4.92. The minimum Gasteiger partial charge on any atom is -0.493 e. The number of ether oxygens (including phenoxy) is 2. The van der Waals surface area contributed by atoms with Crippen molar-refractivity contribution in [3.05, 3.63) is 24.8 Å². The van der Waals surface area contributed by atoms with Crippen molar-refractivity contribution in [2.45, 2.75) is 26.1 Å². The van der Waals surface area contributed by atoms with Gasteiger partial charge in [-0.1, -0.05) is 6.08 Å². The molecule has 1 aromatic heterocycles. The number of rotatable bonds is 10. The predicted octanol–water partition coefficient (Wildman–Crippen LogP) is 3.98. The van der Waals surface area contributed by atoms with Gasteiger partial charge in [-0.05, 0) is 20.3 Å². The van der Waals surface area contributed by atoms with Crippen LogP contribution in [0.3, 0.4) is 0 Å². The van der Waals surface area contributed by atoms with Gasteiger partial charge in [0.25, 0.3) is 0 Å². The second kappa shape index (κ2) is 8.58. The molecule has 2 N–H and O–H groups in total. The molecule has 0 aliphatic carbocycles. The van der Waals surface area contributed by atoms with Crippen LogP contribution in [-0.4, -0.2) is 37.0 Å². The fraction of sp³-hybridized carbons (Fsp3) is 0.471. The number of nitrogens with zero attached hydrogens (tertiary/aromatic N) is 2. The van der Waals surface area contributed by atoms with Gasteiger partial charge < -0.3 is 24.3 Å². The van der Waals surface area contributed by atoms with E-state index in [1.54, 1.807) is 50.8 Å². The molecule has 0 aliphatic heterocycles. The van der Waals surface area contributed by atoms with E-state index in [4.69, 9.17) is 24.3 Å². The minimum atomic E-state index is -3.51. The lowest BCUT2D eigenvalue weighted by atomic mass is 10.2. The Kier molecular flexibility index (Phi) is 6.69. The molecule has 8 nitrogen and oxygen atoms in total. The molecule has 1 atom stereocenters. The zero-order valence-corrected chi connectivity index (χ0v) is 16.5. The van der Waals surface area contributed by atoms with Crippen molar-refractivity contribution in [3.63, 3.8) is 0 Å². The first-order chi connectivity index (χ1) is 12.4. The van der Waals surface area contributed by atoms with Crippen LogP contribution in [-0.2, 0) is 13.6 Å². The molecule has 0 spiro atoms. The number of hydrogen-bond acceptors (Lipinski definition) is 7. The highest BCUT2D eigenvalue weighted by molar-refractivity contribution is 7.54. The van der Waals surface area contributed by atoms with E-state index >= 15 is 0 Å². The van der Waals surface area contributed by atoms with Gasteiger partial charge in [-0.15, -0.1) is 6.58 Å². The zero-order valence-electron chi connectivity index (χ0n) is 15.6. The molecule has 1 heterocycles. The van der Waals surface area contributed by atoms with E-state index in [2.05, 4.69) is 11.6 Å². The third kappa shape index (κ3) is 3.72. The Balaban J connectivity index is 2.71. The van der Waals surface area contributed by atoms with Crippen molar-refractivity contribution in [1.29, 1.82) is 0 Å². The van der Waals surface area contributed by atoms with Crippen LogP contribution in [0.1, 0.15) is 26.1 Å². The SMILES string of the molecule is C=CCC(n1c(N)nc2cc(OC)c(OC)cc21)P(=O)(OCC)OCC. The summed E-state index contributed by atoms with van der Waals surface area (Å²) in [4.78, 5) is 4.37. The van der Waals surface area contributed by atoms with Crippen LogP contribution >= 0.6 is 7.60 Å². The largest absolute Gasteiger partial charge is 0.493 e. The van der Waals surface area contributed by atoms with Crippen molar-refractivity contribution in [2.24, 2.45) is 0 Å². The molecule has 0 saturated heterocycles. The monoisotopic (exact) mass is 383 g/mol. The Hall–Kier alpha value is -2.02. The number of allylic oxidation sites excluding steroid dienone is 1. The Bertz CT molecular complexity index is 810. The van der Waals surface area contributed by atoms with Crippen molar-refractivity contribution >= 4 is 24.6 Å². The smallest absolute Gasteiger partial charge is 0.353 e. The van der Waals surface area contributed by atoms with Crippen LogP contribution in [0.5, 0.6) is 11.5 Å². The summed E-state index contributed by atoms with van der Waals surface area (Å²) < 4.78 is 36.8. The molecule has 2 rings (SSSR count). The van der Waals surface area contributed by atoms with E-state index in [9.17, 15) is 4.57 Å². The number of aromatic nitrogens is 2. The maximum Gasteiger partial charge on any atom is 0.353 e. The highest BCUT2D eigenvalue weighted by Gasteiger charge is 2.38. The molecule has 0 bridgehead atoms. The summed E-state index contributed by atoms with van der Waals surface area (Å²) in [5, 5.41) is 0. The summed E-state index contributed by atoms with van der Waals surface area (Å²) in [6.45, 7) is 7.78. The normalized spacial score (nSPS) is 12.9. The maximum absolute atomic E-state index is 13.4. The van der Waals surface area contributed by atoms with E-state index in [1.807, 2.05) is 0 Å². The summed E-state index contributed by atoms with van der Waals surface area (Å²) in [6.07, 6.45) is 1.99. The Morgan fingerprint density at radius 2 is 1.81 bits per heavy atom. The van der Waals surface area contributed by atoms with Gasteiger partial charge in [-0.3, -0.25) is 9.13 Å². The van der Waals surface area contributed by atoms with Crippen LogP contribution in [0.2, 0.25) is 0 Å². The molecular weight excluding hydrogens is 357 g/mol. The second-order valence-corrected chi connectivity index (χ2v) is 7.61. The topological polar surface area (TPSA) is 97.8 Å². The molecule has 1 unspecified atom stereocenters. The zero-order chi connectivity index (χ0) is 19.3. The summed E-state index contributed by atoms with van der Waals surface area (Å²) in [7, 11) is -0.422. The van der Waals surface area contributed by atoms with Crippen molar-refractivity contribution in [1.82, 2.24) is 9.55 Å². The summed E-state index contributed by atoms with van der Waals surface area (Å²) in [5.41, 5.74) is 7.40. The average molecular weight is 383 g/mol. The highest BCUT2D eigenvalue weighted by Crippen LogP contribution is 2.61. The molecule has 9 heteroatoms. The lowest BCUT2D eigenvalue weighted by Crippen LogP contribution is -2.15. The number of imidazole rings is 1. The number of methoxy groups -OCH3 is 2. The van der Waals surface area contributed by atoms with Gasteiger partial charge in [-0.2, -0.15) is 0 Å². The lowest BCUT2D eigenvalue weighted by molar-refractivity contribution is 0.204. The number of hydrogen-bond donors (Lipinski definition) is 1. The number of nitrogens with two attached hydrogens (primary N) is 1. The molecule has 0 amide bonds. The first kappa shape index (κ1) is 20.3. The molecule has 1 aromatic carbocycles. The van der Waals surface area contributed by atoms with Crippen LogP contribution in [0.4, 0.5) is 5.95 Å². The molecule has 26 heavy (non-hydrogen) atoms. The summed E-state index contributed by atoms with van der Waals surface area (Å²) in [6, 6.07) is 3.47. The maximum atomic E-state index is 13.4. The first-order valence-corrected chi connectivity index (χ1v) is 9.95. The molecule has 0 fully saturated rings. The Morgan fingerprint density at radius 3 is 2.31 bits per heavy atom. The van der Waals surface area contributed by atoms with Gasteiger partial charge in [0.2, 0.25) is 5.95 Å². The Labute approximate surface area is 153 Å². The number of anilines is 1. The molecule has 0 radical (unpaired) electrons. The third-order valence-corrected chi connectivity index (χ3v) is 6.29. The van der Waals surface area contributed by atoms with Gasteiger partial charge in [0.05, 0.1) is 38.5 Å². The van der Waals surface area contributed by atoms with Gasteiger partial charge >= 0.3 is 7.60 Å². The lowest BCUT2D eigenvalue weighted by Gasteiger charge is -2.27. The standard InChI is InChI=1S/C17H26N3O5P/c1-6-9-16(26(21,24-7-2)25-8-3)20-13-11-15(23-5)14(22-4)10-12(13)19-17(20)18/h6,10-11,16H,1,7-9H2,2-5H3,(H2,18,19). The number of nitrogen functional groups attached to an aromatic ring is 1. The summed E-state index contributed by atoms with van der Waals surface area (Å²) in [5.74, 6) is 0.550. The van der Waals surface area contributed by atoms with Gasteiger partial charge in [0.1, 0.15) is 5.78 Å². The molecule has 0 saturated carbocycles. The van der Waals surface area contributed by atoms with E-state index in [-0.39, 0.29) is 19.2 Å². The van der Waals surface area contributed by atoms with Gasteiger partial charge in [-0.25, -0.2) is 4.98 Å². The van der Waals surface area contributed by atoms with Crippen molar-refractivity contribution in [2.75, 3.05) is 33.2 Å². The number of benzene rings is 1. The predicted molar refractivity (Wildman–Crippen MR) is 102 cm³/mol. The minimum absolute atomic E-state index is 0.196. The average Bonchev–Trinajstić information content (AvgIpc) is 2.93. The second-order valence-electron chi connectivity index (χ2n) is 5.42. The highest BCUT2D eigenvalue weighted by atomic mass is 31.2. The quantitative estimate of drug-likeness (QED) is 0.489. The summed E-state index contributed by atoms with van der Waals surface area (Å²) >= 11 is 0. The van der Waals surface area contributed by atoms with Crippen LogP contribution < -0.4 is 15.2 Å². The van der Waals surface area contributed by atoms with Crippen molar-refractivity contribution in [3.8, 4) is 11.5 Å². The van der Waals surface area contributed by atoms with E-state index in [0.29, 0.717) is 29.0 Å². The van der Waals surface area contributed by atoms with Crippen LogP contribution in [0, 0.1) is 0 Å². The Morgan fingerprint density at radius 1 is 1.23 bits per heavy atom. The molecular formula is C17H26N3O5P. The van der Waals surface area contributed by atoms with E-state index < -0.39 is 13.4 Å². The molecule has 2 aromatic rings. The molecule has 0 aliphatic rings. The van der Waals surface area contributed by atoms with Crippen LogP contribution in [0.15, 0.2) is 24.8 Å². The fourth-order valence-electron chi connectivity index (χ4n) is 2.85. The van der Waals surface area contributed by atoms with Gasteiger partial charge in [0, 0.05) is 12.1 Å².